The topological polar surface area (TPSA) is 97.1 Å². The number of benzene rings is 2. The molecule has 1 amide bonds. The lowest BCUT2D eigenvalue weighted by Gasteiger charge is -2.07. The van der Waals surface area contributed by atoms with E-state index in [1.54, 1.807) is 54.1 Å². The maximum Gasteiger partial charge on any atom is 0.234 e. The number of hydrogen-bond donors (Lipinski definition) is 2. The van der Waals surface area contributed by atoms with Gasteiger partial charge in [0, 0.05) is 22.8 Å². The molecule has 2 N–H and O–H groups in total. The first-order valence-electron chi connectivity index (χ1n) is 8.27. The van der Waals surface area contributed by atoms with Gasteiger partial charge in [0.05, 0.1) is 11.3 Å². The fourth-order valence-corrected chi connectivity index (χ4v) is 3.58. The molecule has 0 unspecified atom stereocenters. The summed E-state index contributed by atoms with van der Waals surface area (Å²) < 4.78 is 2.53. The zero-order valence-electron chi connectivity index (χ0n) is 15.1. The Morgan fingerprint density at radius 1 is 1.21 bits per heavy atom. The second-order valence-corrected chi connectivity index (χ2v) is 7.86. The summed E-state index contributed by atoms with van der Waals surface area (Å²) in [5, 5.41) is 21.6. The number of hydrogen-bond acceptors (Lipinski definition) is 6. The minimum atomic E-state index is -0.222. The number of halogens is 1. The van der Waals surface area contributed by atoms with E-state index in [-0.39, 0.29) is 23.2 Å². The number of phenols is 1. The van der Waals surface area contributed by atoms with Crippen molar-refractivity contribution in [1.82, 2.24) is 14.8 Å². The predicted octanol–water partition coefficient (Wildman–Crippen LogP) is 3.88. The monoisotopic (exact) mass is 460 g/mol. The van der Waals surface area contributed by atoms with Crippen LogP contribution >= 0.6 is 27.7 Å². The molecule has 0 bridgehead atoms. The predicted molar refractivity (Wildman–Crippen MR) is 112 cm³/mol. The first-order chi connectivity index (χ1) is 13.3. The van der Waals surface area contributed by atoms with Crippen LogP contribution in [0.2, 0.25) is 0 Å². The largest absolute Gasteiger partial charge is 0.507 e. The van der Waals surface area contributed by atoms with Gasteiger partial charge in [-0.05, 0) is 37.3 Å². The Kier molecular flexibility index (Phi) is 6.15. The van der Waals surface area contributed by atoms with E-state index in [1.807, 2.05) is 0 Å². The highest BCUT2D eigenvalue weighted by molar-refractivity contribution is 9.10. The minimum Gasteiger partial charge on any atom is -0.507 e. The van der Waals surface area contributed by atoms with Crippen LogP contribution < -0.4 is 5.32 Å². The van der Waals surface area contributed by atoms with Gasteiger partial charge >= 0.3 is 0 Å². The maximum atomic E-state index is 12.2. The van der Waals surface area contributed by atoms with Crippen molar-refractivity contribution in [2.24, 2.45) is 7.05 Å². The van der Waals surface area contributed by atoms with Crippen molar-refractivity contribution in [3.63, 3.8) is 0 Å². The number of carbonyl (C=O) groups is 2. The molecule has 9 heteroatoms. The number of rotatable bonds is 6. The van der Waals surface area contributed by atoms with E-state index in [0.717, 1.165) is 4.47 Å². The second-order valence-electron chi connectivity index (χ2n) is 6.00. The summed E-state index contributed by atoms with van der Waals surface area (Å²) in [5.74, 6) is 0.434. The van der Waals surface area contributed by atoms with Gasteiger partial charge < -0.3 is 15.0 Å². The summed E-state index contributed by atoms with van der Waals surface area (Å²) in [7, 11) is 1.77. The zero-order chi connectivity index (χ0) is 20.3. The molecule has 0 aliphatic rings. The number of phenolic OH excluding ortho intramolecular Hbond substituents is 1. The average molecular weight is 461 g/mol. The Hall–Kier alpha value is -2.65. The number of anilines is 1. The maximum absolute atomic E-state index is 12.2. The van der Waals surface area contributed by atoms with Crippen molar-refractivity contribution in [2.75, 3.05) is 11.1 Å². The van der Waals surface area contributed by atoms with Crippen LogP contribution in [-0.2, 0) is 11.8 Å². The standard InChI is InChI=1S/C19H17BrN4O3S/c1-11(25)12-4-3-5-14(8-12)21-17(27)10-28-19-23-22-18(24(19)2)15-9-13(20)6-7-16(15)26/h3-9,26H,10H2,1-2H3,(H,21,27). The number of nitrogens with one attached hydrogen (secondary N) is 1. The highest BCUT2D eigenvalue weighted by Gasteiger charge is 2.16. The van der Waals surface area contributed by atoms with Crippen LogP contribution in [-0.4, -0.2) is 37.3 Å². The van der Waals surface area contributed by atoms with Gasteiger partial charge in [-0.25, -0.2) is 0 Å². The molecule has 0 fully saturated rings. The molecule has 0 saturated carbocycles. The van der Waals surface area contributed by atoms with Crippen LogP contribution in [0.5, 0.6) is 5.75 Å². The molecule has 2 aromatic carbocycles. The summed E-state index contributed by atoms with van der Waals surface area (Å²) in [6, 6.07) is 11.8. The van der Waals surface area contributed by atoms with Crippen LogP contribution in [0.15, 0.2) is 52.1 Å². The second kappa shape index (κ2) is 8.57. The summed E-state index contributed by atoms with van der Waals surface area (Å²) in [6.07, 6.45) is 0. The van der Waals surface area contributed by atoms with Gasteiger partial charge in [-0.2, -0.15) is 0 Å². The van der Waals surface area contributed by atoms with Gasteiger partial charge in [-0.3, -0.25) is 9.59 Å². The molecular weight excluding hydrogens is 444 g/mol. The third-order valence-electron chi connectivity index (χ3n) is 3.92. The fraction of sp³-hybridized carbons (Fsp3) is 0.158. The summed E-state index contributed by atoms with van der Waals surface area (Å²) >= 11 is 4.60. The highest BCUT2D eigenvalue weighted by Crippen LogP contribution is 2.32. The van der Waals surface area contributed by atoms with E-state index >= 15 is 0 Å². The Bertz CT molecular complexity index is 1050. The molecule has 144 valence electrons. The number of aromatic nitrogens is 3. The number of Topliss-reactive ketones (excluding diaryl/α,β-unsaturated/α-hetero) is 1. The van der Waals surface area contributed by atoms with Crippen molar-refractivity contribution in [3.05, 3.63) is 52.5 Å². The van der Waals surface area contributed by atoms with Crippen molar-refractivity contribution in [1.29, 1.82) is 0 Å². The summed E-state index contributed by atoms with van der Waals surface area (Å²) in [6.45, 7) is 1.48. The molecule has 0 saturated heterocycles. The van der Waals surface area contributed by atoms with Crippen molar-refractivity contribution >= 4 is 45.1 Å². The summed E-state index contributed by atoms with van der Waals surface area (Å²) in [4.78, 5) is 23.7. The van der Waals surface area contributed by atoms with E-state index in [9.17, 15) is 14.7 Å². The van der Waals surface area contributed by atoms with Crippen LogP contribution in [0.1, 0.15) is 17.3 Å². The number of ketones is 1. The van der Waals surface area contributed by atoms with Gasteiger partial charge in [0.15, 0.2) is 16.8 Å². The quantitative estimate of drug-likeness (QED) is 0.427. The van der Waals surface area contributed by atoms with E-state index in [4.69, 9.17) is 0 Å². The number of thioether (sulfide) groups is 1. The molecule has 0 radical (unpaired) electrons. The van der Waals surface area contributed by atoms with Gasteiger partial charge in [-0.15, -0.1) is 10.2 Å². The summed E-state index contributed by atoms with van der Waals surface area (Å²) in [5.41, 5.74) is 1.65. The van der Waals surface area contributed by atoms with Crippen molar-refractivity contribution < 1.29 is 14.7 Å². The first kappa shape index (κ1) is 20.1. The van der Waals surface area contributed by atoms with Crippen molar-refractivity contribution in [2.45, 2.75) is 12.1 Å². The molecule has 0 aliphatic heterocycles. The van der Waals surface area contributed by atoms with Crippen LogP contribution in [0.4, 0.5) is 5.69 Å². The highest BCUT2D eigenvalue weighted by atomic mass is 79.9. The molecule has 1 heterocycles. The lowest BCUT2D eigenvalue weighted by molar-refractivity contribution is -0.113. The molecule has 0 atom stereocenters. The first-order valence-corrected chi connectivity index (χ1v) is 10.0. The number of carbonyl (C=O) groups excluding carboxylic acids is 2. The SMILES string of the molecule is CC(=O)c1cccc(NC(=O)CSc2nnc(-c3cc(Br)ccc3O)n2C)c1. The van der Waals surface area contributed by atoms with Gasteiger partial charge in [0.25, 0.3) is 0 Å². The minimum absolute atomic E-state index is 0.0621. The molecule has 1 aromatic heterocycles. The van der Waals surface area contributed by atoms with E-state index in [1.165, 1.54) is 18.7 Å². The molecule has 0 aliphatic carbocycles. The number of amides is 1. The lowest BCUT2D eigenvalue weighted by Crippen LogP contribution is -2.14. The Labute approximate surface area is 174 Å². The molecular formula is C19H17BrN4O3S. The Morgan fingerprint density at radius 3 is 2.75 bits per heavy atom. The van der Waals surface area contributed by atoms with E-state index < -0.39 is 0 Å². The van der Waals surface area contributed by atoms with Gasteiger partial charge in [0.1, 0.15) is 5.75 Å². The Balaban J connectivity index is 1.68. The van der Waals surface area contributed by atoms with E-state index in [2.05, 4.69) is 31.4 Å². The molecule has 3 rings (SSSR count). The molecule has 28 heavy (non-hydrogen) atoms. The van der Waals surface area contributed by atoms with Crippen LogP contribution in [0.3, 0.4) is 0 Å². The molecule has 3 aromatic rings. The van der Waals surface area contributed by atoms with Crippen molar-refractivity contribution in [3.8, 4) is 17.1 Å². The zero-order valence-corrected chi connectivity index (χ0v) is 17.5. The normalized spacial score (nSPS) is 10.7. The molecule has 7 nitrogen and oxygen atoms in total. The third kappa shape index (κ3) is 4.60. The average Bonchev–Trinajstić information content (AvgIpc) is 3.02. The molecule has 0 spiro atoms. The van der Waals surface area contributed by atoms with Crippen LogP contribution in [0, 0.1) is 0 Å². The van der Waals surface area contributed by atoms with Crippen LogP contribution in [0.25, 0.3) is 11.4 Å². The lowest BCUT2D eigenvalue weighted by atomic mass is 10.1. The number of aromatic hydroxyl groups is 1. The van der Waals surface area contributed by atoms with E-state index in [0.29, 0.717) is 27.8 Å². The van der Waals surface area contributed by atoms with Gasteiger partial charge in [0.2, 0.25) is 5.91 Å². The van der Waals surface area contributed by atoms with Gasteiger partial charge in [-0.1, -0.05) is 39.8 Å². The third-order valence-corrected chi connectivity index (χ3v) is 5.43. The Morgan fingerprint density at radius 2 is 2.00 bits per heavy atom. The fourth-order valence-electron chi connectivity index (χ4n) is 2.51. The number of nitrogens with zero attached hydrogens (tertiary/aromatic N) is 3. The smallest absolute Gasteiger partial charge is 0.234 e.